The highest BCUT2D eigenvalue weighted by molar-refractivity contribution is 5.92. The van der Waals surface area contributed by atoms with Crippen molar-refractivity contribution in [3.8, 4) is 11.5 Å². The van der Waals surface area contributed by atoms with Crippen LogP contribution in [0.3, 0.4) is 0 Å². The minimum Gasteiger partial charge on any atom is -0.493 e. The Labute approximate surface area is 158 Å². The molecule has 0 amide bonds. The number of benzene rings is 2. The van der Waals surface area contributed by atoms with Gasteiger partial charge in [-0.1, -0.05) is 24.3 Å². The third-order valence-corrected chi connectivity index (χ3v) is 4.09. The first kappa shape index (κ1) is 18.3. The SMILES string of the molecule is COc1ccc(NC(N)=NCc2ccccc2Cn2cccn2)cc1OC. The van der Waals surface area contributed by atoms with Crippen LogP contribution in [0.4, 0.5) is 5.69 Å². The minimum atomic E-state index is 0.330. The van der Waals surface area contributed by atoms with Crippen LogP contribution in [0.15, 0.2) is 65.9 Å². The third kappa shape index (κ3) is 4.78. The van der Waals surface area contributed by atoms with E-state index in [1.54, 1.807) is 20.4 Å². The Kier molecular flexibility index (Phi) is 5.94. The summed E-state index contributed by atoms with van der Waals surface area (Å²) in [4.78, 5) is 4.46. The summed E-state index contributed by atoms with van der Waals surface area (Å²) in [5, 5.41) is 7.33. The Balaban J connectivity index is 1.69. The second-order valence-corrected chi connectivity index (χ2v) is 5.87. The number of nitrogens with zero attached hydrogens (tertiary/aromatic N) is 3. The molecule has 2 aromatic carbocycles. The molecular weight excluding hydrogens is 342 g/mol. The molecule has 3 rings (SSSR count). The molecule has 1 heterocycles. The van der Waals surface area contributed by atoms with Gasteiger partial charge in [0.05, 0.1) is 27.3 Å². The van der Waals surface area contributed by atoms with Crippen LogP contribution in [0, 0.1) is 0 Å². The molecule has 0 saturated carbocycles. The molecule has 0 bridgehead atoms. The van der Waals surface area contributed by atoms with E-state index in [1.807, 2.05) is 53.3 Å². The molecule has 0 fully saturated rings. The Hall–Kier alpha value is -3.48. The lowest BCUT2D eigenvalue weighted by molar-refractivity contribution is 0.355. The Bertz CT molecular complexity index is 906. The molecular formula is C20H23N5O2. The summed E-state index contributed by atoms with van der Waals surface area (Å²) in [6, 6.07) is 15.5. The van der Waals surface area contributed by atoms with Crippen molar-refractivity contribution in [1.29, 1.82) is 0 Å². The highest BCUT2D eigenvalue weighted by atomic mass is 16.5. The second kappa shape index (κ2) is 8.75. The molecule has 140 valence electrons. The van der Waals surface area contributed by atoms with Crippen LogP contribution < -0.4 is 20.5 Å². The van der Waals surface area contributed by atoms with Gasteiger partial charge in [0.1, 0.15) is 0 Å². The van der Waals surface area contributed by atoms with Crippen molar-refractivity contribution in [2.75, 3.05) is 19.5 Å². The fourth-order valence-electron chi connectivity index (χ4n) is 2.71. The van der Waals surface area contributed by atoms with Crippen LogP contribution in [-0.4, -0.2) is 30.0 Å². The number of ether oxygens (including phenoxy) is 2. The quantitative estimate of drug-likeness (QED) is 0.497. The normalized spacial score (nSPS) is 11.3. The van der Waals surface area contributed by atoms with Crippen LogP contribution in [0.5, 0.6) is 11.5 Å². The van der Waals surface area contributed by atoms with Crippen LogP contribution in [-0.2, 0) is 13.1 Å². The largest absolute Gasteiger partial charge is 0.493 e. The molecule has 7 heteroatoms. The number of nitrogens with two attached hydrogens (primary N) is 1. The number of nitrogens with one attached hydrogen (secondary N) is 1. The van der Waals surface area contributed by atoms with E-state index in [0.29, 0.717) is 30.5 Å². The van der Waals surface area contributed by atoms with Gasteiger partial charge in [-0.3, -0.25) is 4.68 Å². The fourth-order valence-corrected chi connectivity index (χ4v) is 2.71. The number of aliphatic imine (C=N–C) groups is 1. The maximum Gasteiger partial charge on any atom is 0.193 e. The average molecular weight is 365 g/mol. The van der Waals surface area contributed by atoms with Crippen molar-refractivity contribution in [3.05, 3.63) is 72.1 Å². The van der Waals surface area contributed by atoms with E-state index in [9.17, 15) is 0 Å². The molecule has 0 spiro atoms. The molecule has 0 radical (unpaired) electrons. The Morgan fingerprint density at radius 1 is 1.07 bits per heavy atom. The topological polar surface area (TPSA) is 86.7 Å². The summed E-state index contributed by atoms with van der Waals surface area (Å²) < 4.78 is 12.4. The Morgan fingerprint density at radius 2 is 1.85 bits per heavy atom. The van der Waals surface area contributed by atoms with Gasteiger partial charge in [0.25, 0.3) is 0 Å². The zero-order valence-electron chi connectivity index (χ0n) is 15.4. The molecule has 0 atom stereocenters. The van der Waals surface area contributed by atoms with Gasteiger partial charge in [-0.25, -0.2) is 4.99 Å². The van der Waals surface area contributed by atoms with Crippen LogP contribution in [0.25, 0.3) is 0 Å². The highest BCUT2D eigenvalue weighted by Gasteiger charge is 2.06. The summed E-state index contributed by atoms with van der Waals surface area (Å²) in [5.41, 5.74) is 9.09. The maximum atomic E-state index is 6.05. The van der Waals surface area contributed by atoms with Crippen LogP contribution in [0.1, 0.15) is 11.1 Å². The van der Waals surface area contributed by atoms with E-state index < -0.39 is 0 Å². The predicted molar refractivity (Wildman–Crippen MR) is 106 cm³/mol. The van der Waals surface area contributed by atoms with Crippen molar-refractivity contribution < 1.29 is 9.47 Å². The van der Waals surface area contributed by atoms with Gasteiger partial charge in [-0.05, 0) is 29.3 Å². The van der Waals surface area contributed by atoms with Gasteiger partial charge >= 0.3 is 0 Å². The number of rotatable bonds is 7. The van der Waals surface area contributed by atoms with Crippen molar-refractivity contribution in [3.63, 3.8) is 0 Å². The average Bonchev–Trinajstić information content (AvgIpc) is 3.20. The molecule has 1 aromatic heterocycles. The fraction of sp³-hybridized carbons (Fsp3) is 0.200. The smallest absolute Gasteiger partial charge is 0.193 e. The van der Waals surface area contributed by atoms with E-state index in [-0.39, 0.29) is 0 Å². The summed E-state index contributed by atoms with van der Waals surface area (Å²) in [5.74, 6) is 1.61. The number of aromatic nitrogens is 2. The Morgan fingerprint density at radius 3 is 2.56 bits per heavy atom. The first-order valence-electron chi connectivity index (χ1n) is 8.53. The lowest BCUT2D eigenvalue weighted by atomic mass is 10.1. The molecule has 0 aliphatic rings. The molecule has 0 unspecified atom stereocenters. The van der Waals surface area contributed by atoms with Gasteiger partial charge in [0, 0.05) is 24.1 Å². The van der Waals surface area contributed by atoms with E-state index in [4.69, 9.17) is 15.2 Å². The number of methoxy groups -OCH3 is 2. The molecule has 0 saturated heterocycles. The number of guanidine groups is 1. The van der Waals surface area contributed by atoms with Gasteiger partial charge < -0.3 is 20.5 Å². The second-order valence-electron chi connectivity index (χ2n) is 5.87. The molecule has 7 nitrogen and oxygen atoms in total. The molecule has 27 heavy (non-hydrogen) atoms. The third-order valence-electron chi connectivity index (χ3n) is 4.09. The van der Waals surface area contributed by atoms with E-state index >= 15 is 0 Å². The van der Waals surface area contributed by atoms with Gasteiger partial charge in [-0.2, -0.15) is 5.10 Å². The van der Waals surface area contributed by atoms with Crippen molar-refractivity contribution >= 4 is 11.6 Å². The van der Waals surface area contributed by atoms with Crippen molar-refractivity contribution in [2.45, 2.75) is 13.1 Å². The molecule has 3 aromatic rings. The zero-order chi connectivity index (χ0) is 19.1. The monoisotopic (exact) mass is 365 g/mol. The van der Waals surface area contributed by atoms with Gasteiger partial charge in [0.15, 0.2) is 17.5 Å². The molecule has 0 aliphatic heterocycles. The van der Waals surface area contributed by atoms with Gasteiger partial charge in [-0.15, -0.1) is 0 Å². The first-order chi connectivity index (χ1) is 13.2. The highest BCUT2D eigenvalue weighted by Crippen LogP contribution is 2.29. The van der Waals surface area contributed by atoms with Gasteiger partial charge in [0.2, 0.25) is 0 Å². The molecule has 3 N–H and O–H groups in total. The lowest BCUT2D eigenvalue weighted by Gasteiger charge is -2.11. The van der Waals surface area contributed by atoms with E-state index in [1.165, 1.54) is 0 Å². The van der Waals surface area contributed by atoms with Crippen molar-refractivity contribution in [1.82, 2.24) is 9.78 Å². The summed E-state index contributed by atoms with van der Waals surface area (Å²) in [6.07, 6.45) is 3.71. The molecule has 0 aliphatic carbocycles. The zero-order valence-corrected chi connectivity index (χ0v) is 15.4. The number of hydrogen-bond acceptors (Lipinski definition) is 4. The summed E-state index contributed by atoms with van der Waals surface area (Å²) in [7, 11) is 3.19. The van der Waals surface area contributed by atoms with Crippen molar-refractivity contribution in [2.24, 2.45) is 10.7 Å². The standard InChI is InChI=1S/C20H23N5O2/c1-26-18-9-8-17(12-19(18)27-2)24-20(21)22-13-15-6-3-4-7-16(15)14-25-11-5-10-23-25/h3-12H,13-14H2,1-2H3,(H3,21,22,24). The maximum absolute atomic E-state index is 6.05. The minimum absolute atomic E-state index is 0.330. The van der Waals surface area contributed by atoms with Crippen LogP contribution in [0.2, 0.25) is 0 Å². The number of anilines is 1. The lowest BCUT2D eigenvalue weighted by Crippen LogP contribution is -2.22. The van der Waals surface area contributed by atoms with Crippen LogP contribution >= 0.6 is 0 Å². The van der Waals surface area contributed by atoms with E-state index in [0.717, 1.165) is 16.8 Å². The summed E-state index contributed by atoms with van der Waals surface area (Å²) in [6.45, 7) is 1.17. The first-order valence-corrected chi connectivity index (χ1v) is 8.53. The number of hydrogen-bond donors (Lipinski definition) is 2. The summed E-state index contributed by atoms with van der Waals surface area (Å²) >= 11 is 0. The van der Waals surface area contributed by atoms with E-state index in [2.05, 4.69) is 21.5 Å². The predicted octanol–water partition coefficient (Wildman–Crippen LogP) is 2.88.